The molecule has 9 nitrogen and oxygen atoms in total. The van der Waals surface area contributed by atoms with E-state index < -0.39 is 0 Å². The third-order valence-corrected chi connectivity index (χ3v) is 5.90. The molecule has 0 spiro atoms. The summed E-state index contributed by atoms with van der Waals surface area (Å²) in [5, 5.41) is 3.15. The minimum Gasteiger partial charge on any atom is -0.495 e. The number of amides is 1. The fourth-order valence-corrected chi connectivity index (χ4v) is 3.94. The Morgan fingerprint density at radius 1 is 1.03 bits per heavy atom. The summed E-state index contributed by atoms with van der Waals surface area (Å²) in [6.45, 7) is 7.59. The second kappa shape index (κ2) is 10.5. The van der Waals surface area contributed by atoms with Crippen molar-refractivity contribution in [1.29, 1.82) is 0 Å². The number of benzene rings is 2. The van der Waals surface area contributed by atoms with Gasteiger partial charge in [-0.1, -0.05) is 38.1 Å². The van der Waals surface area contributed by atoms with E-state index in [4.69, 9.17) is 10.5 Å². The maximum atomic E-state index is 12.9. The molecule has 2 heterocycles. The number of para-hydroxylation sites is 2. The van der Waals surface area contributed by atoms with Gasteiger partial charge in [0, 0.05) is 31.7 Å². The van der Waals surface area contributed by atoms with Crippen LogP contribution >= 0.6 is 0 Å². The van der Waals surface area contributed by atoms with Crippen LogP contribution in [0.1, 0.15) is 41.5 Å². The van der Waals surface area contributed by atoms with Crippen LogP contribution in [0.3, 0.4) is 0 Å². The molecule has 1 aromatic heterocycles. The standard InChI is InChI=1S/C25H31N7O2/c1-17(2)18-8-10-19(11-9-18)23(33)32-14-12-31(13-15-32)16-22-28-24(26)30-25(29-22)27-20-6-4-5-7-21(20)34-3/h4-11,17H,12-16H2,1-3H3,(H3,26,27,28,29,30). The van der Waals surface area contributed by atoms with Crippen molar-refractivity contribution in [3.8, 4) is 5.75 Å². The number of nitrogen functional groups attached to an aromatic ring is 1. The molecule has 1 aliphatic rings. The number of anilines is 3. The van der Waals surface area contributed by atoms with Crippen molar-refractivity contribution in [1.82, 2.24) is 24.8 Å². The van der Waals surface area contributed by atoms with Gasteiger partial charge in [0.25, 0.3) is 5.91 Å². The lowest BCUT2D eigenvalue weighted by atomic mass is 10.0. The lowest BCUT2D eigenvalue weighted by Gasteiger charge is -2.34. The topological polar surface area (TPSA) is 109 Å². The quantitative estimate of drug-likeness (QED) is 0.552. The number of ether oxygens (including phenoxy) is 1. The molecule has 1 amide bonds. The van der Waals surface area contributed by atoms with E-state index in [0.29, 0.717) is 43.1 Å². The molecular formula is C25H31N7O2. The number of rotatable bonds is 7. The van der Waals surface area contributed by atoms with Crippen LogP contribution in [-0.4, -0.2) is 63.9 Å². The van der Waals surface area contributed by atoms with Gasteiger partial charge in [0.05, 0.1) is 19.3 Å². The Labute approximate surface area is 200 Å². The summed E-state index contributed by atoms with van der Waals surface area (Å²) in [5.74, 6) is 2.30. The van der Waals surface area contributed by atoms with Gasteiger partial charge in [-0.2, -0.15) is 15.0 Å². The van der Waals surface area contributed by atoms with Crippen molar-refractivity contribution >= 4 is 23.5 Å². The summed E-state index contributed by atoms with van der Waals surface area (Å²) >= 11 is 0. The maximum Gasteiger partial charge on any atom is 0.253 e. The van der Waals surface area contributed by atoms with E-state index in [1.807, 2.05) is 53.4 Å². The van der Waals surface area contributed by atoms with Crippen LogP contribution in [0.4, 0.5) is 17.6 Å². The predicted octanol–water partition coefficient (Wildman–Crippen LogP) is 3.29. The lowest BCUT2D eigenvalue weighted by Crippen LogP contribution is -2.48. The Morgan fingerprint density at radius 2 is 1.74 bits per heavy atom. The van der Waals surface area contributed by atoms with Crippen LogP contribution < -0.4 is 15.8 Å². The zero-order valence-corrected chi connectivity index (χ0v) is 19.9. The summed E-state index contributed by atoms with van der Waals surface area (Å²) in [6.07, 6.45) is 0. The Morgan fingerprint density at radius 3 is 2.41 bits per heavy atom. The van der Waals surface area contributed by atoms with Crippen LogP contribution in [-0.2, 0) is 6.54 Å². The molecule has 4 rings (SSSR count). The second-order valence-electron chi connectivity index (χ2n) is 8.60. The summed E-state index contributed by atoms with van der Waals surface area (Å²) in [4.78, 5) is 30.0. The van der Waals surface area contributed by atoms with E-state index in [2.05, 4.69) is 39.0 Å². The first-order valence-corrected chi connectivity index (χ1v) is 11.4. The Bertz CT molecular complexity index is 1130. The van der Waals surface area contributed by atoms with Crippen LogP contribution in [0.2, 0.25) is 0 Å². The number of piperazine rings is 1. The number of carbonyl (C=O) groups is 1. The first kappa shape index (κ1) is 23.4. The van der Waals surface area contributed by atoms with Gasteiger partial charge in [-0.25, -0.2) is 0 Å². The van der Waals surface area contributed by atoms with Gasteiger partial charge >= 0.3 is 0 Å². The molecule has 1 fully saturated rings. The normalized spacial score (nSPS) is 14.3. The molecule has 0 bridgehead atoms. The first-order chi connectivity index (χ1) is 16.4. The number of nitrogens with one attached hydrogen (secondary N) is 1. The van der Waals surface area contributed by atoms with Gasteiger partial charge in [0.2, 0.25) is 11.9 Å². The van der Waals surface area contributed by atoms with Crippen molar-refractivity contribution < 1.29 is 9.53 Å². The maximum absolute atomic E-state index is 12.9. The van der Waals surface area contributed by atoms with Crippen LogP contribution in [0, 0.1) is 0 Å². The molecule has 0 unspecified atom stereocenters. The van der Waals surface area contributed by atoms with Crippen molar-refractivity contribution in [2.45, 2.75) is 26.3 Å². The minimum atomic E-state index is 0.0719. The van der Waals surface area contributed by atoms with E-state index in [0.717, 1.165) is 24.3 Å². The van der Waals surface area contributed by atoms with E-state index in [9.17, 15) is 4.79 Å². The van der Waals surface area contributed by atoms with Gasteiger partial charge in [-0.15, -0.1) is 0 Å². The second-order valence-corrected chi connectivity index (χ2v) is 8.60. The van der Waals surface area contributed by atoms with E-state index in [1.54, 1.807) is 7.11 Å². The first-order valence-electron chi connectivity index (χ1n) is 11.4. The number of methoxy groups -OCH3 is 1. The average Bonchev–Trinajstić information content (AvgIpc) is 2.84. The summed E-state index contributed by atoms with van der Waals surface area (Å²) < 4.78 is 5.37. The van der Waals surface area contributed by atoms with Crippen LogP contribution in [0.5, 0.6) is 5.75 Å². The van der Waals surface area contributed by atoms with Crippen molar-refractivity contribution in [3.05, 3.63) is 65.5 Å². The average molecular weight is 462 g/mol. The smallest absolute Gasteiger partial charge is 0.253 e. The number of nitrogens with zero attached hydrogens (tertiary/aromatic N) is 5. The van der Waals surface area contributed by atoms with Crippen molar-refractivity contribution in [2.24, 2.45) is 0 Å². The molecule has 9 heteroatoms. The fourth-order valence-electron chi connectivity index (χ4n) is 3.94. The third kappa shape index (κ3) is 5.60. The Hall–Kier alpha value is -3.72. The summed E-state index contributed by atoms with van der Waals surface area (Å²) in [7, 11) is 1.61. The van der Waals surface area contributed by atoms with Gasteiger partial charge in [-0.05, 0) is 35.7 Å². The number of hydrogen-bond donors (Lipinski definition) is 2. The SMILES string of the molecule is COc1ccccc1Nc1nc(N)nc(CN2CCN(C(=O)c3ccc(C(C)C)cc3)CC2)n1. The predicted molar refractivity (Wildman–Crippen MR) is 132 cm³/mol. The number of hydrogen-bond acceptors (Lipinski definition) is 8. The Balaban J connectivity index is 1.36. The number of nitrogens with two attached hydrogens (primary N) is 1. The fraction of sp³-hybridized carbons (Fsp3) is 0.360. The molecule has 1 aliphatic heterocycles. The minimum absolute atomic E-state index is 0.0719. The van der Waals surface area contributed by atoms with Gasteiger partial charge in [0.15, 0.2) is 0 Å². The van der Waals surface area contributed by atoms with E-state index >= 15 is 0 Å². The van der Waals surface area contributed by atoms with Gasteiger partial charge < -0.3 is 20.7 Å². The molecule has 2 aromatic carbocycles. The van der Waals surface area contributed by atoms with Gasteiger partial charge in [0.1, 0.15) is 11.6 Å². The number of aromatic nitrogens is 3. The molecule has 0 aliphatic carbocycles. The zero-order chi connectivity index (χ0) is 24.1. The molecule has 0 atom stereocenters. The molecule has 178 valence electrons. The van der Waals surface area contributed by atoms with E-state index in [1.165, 1.54) is 5.56 Å². The molecule has 1 saturated heterocycles. The van der Waals surface area contributed by atoms with Gasteiger partial charge in [-0.3, -0.25) is 9.69 Å². The monoisotopic (exact) mass is 461 g/mol. The highest BCUT2D eigenvalue weighted by Crippen LogP contribution is 2.25. The lowest BCUT2D eigenvalue weighted by molar-refractivity contribution is 0.0625. The van der Waals surface area contributed by atoms with E-state index in [-0.39, 0.29) is 11.9 Å². The summed E-state index contributed by atoms with van der Waals surface area (Å²) in [6, 6.07) is 15.4. The highest BCUT2D eigenvalue weighted by atomic mass is 16.5. The van der Waals surface area contributed by atoms with Crippen molar-refractivity contribution in [3.63, 3.8) is 0 Å². The molecule has 3 aromatic rings. The molecule has 0 radical (unpaired) electrons. The van der Waals surface area contributed by atoms with Crippen LogP contribution in [0.15, 0.2) is 48.5 Å². The highest BCUT2D eigenvalue weighted by Gasteiger charge is 2.23. The number of carbonyl (C=O) groups excluding carboxylic acids is 1. The highest BCUT2D eigenvalue weighted by molar-refractivity contribution is 5.94. The molecular weight excluding hydrogens is 430 g/mol. The molecule has 3 N–H and O–H groups in total. The van der Waals surface area contributed by atoms with Crippen LogP contribution in [0.25, 0.3) is 0 Å². The Kier molecular flexibility index (Phi) is 7.22. The largest absolute Gasteiger partial charge is 0.495 e. The summed E-state index contributed by atoms with van der Waals surface area (Å²) in [5.41, 5.74) is 8.65. The zero-order valence-electron chi connectivity index (χ0n) is 19.9. The van der Waals surface area contributed by atoms with Crippen molar-refractivity contribution in [2.75, 3.05) is 44.3 Å². The molecule has 34 heavy (non-hydrogen) atoms. The molecule has 0 saturated carbocycles. The third-order valence-electron chi connectivity index (χ3n) is 5.90.